The molecule has 2 fully saturated rings. The molecule has 0 spiro atoms. The summed E-state index contributed by atoms with van der Waals surface area (Å²) in [5.41, 5.74) is 1.28. The van der Waals surface area contributed by atoms with E-state index in [-0.39, 0.29) is 0 Å². The van der Waals surface area contributed by atoms with Crippen molar-refractivity contribution in [2.45, 2.75) is 58.9 Å². The average Bonchev–Trinajstić information content (AvgIpc) is 2.52. The van der Waals surface area contributed by atoms with Gasteiger partial charge in [0, 0.05) is 6.04 Å². The van der Waals surface area contributed by atoms with E-state index in [4.69, 9.17) is 0 Å². The zero-order valence-electron chi connectivity index (χ0n) is 11.1. The molecule has 88 valence electrons. The second-order valence-electron chi connectivity index (χ2n) is 6.79. The second kappa shape index (κ2) is 3.48. The van der Waals surface area contributed by atoms with Crippen molar-refractivity contribution in [2.24, 2.45) is 16.7 Å². The Morgan fingerprint density at radius 3 is 2.07 bits per heavy atom. The minimum absolute atomic E-state index is 0.608. The van der Waals surface area contributed by atoms with Crippen LogP contribution in [0.15, 0.2) is 0 Å². The van der Waals surface area contributed by atoms with Crippen LogP contribution in [0.25, 0.3) is 0 Å². The number of hydrogen-bond acceptors (Lipinski definition) is 1. The topological polar surface area (TPSA) is 3.24 Å². The van der Waals surface area contributed by atoms with Gasteiger partial charge in [0.2, 0.25) is 0 Å². The van der Waals surface area contributed by atoms with Crippen LogP contribution in [0, 0.1) is 16.7 Å². The summed E-state index contributed by atoms with van der Waals surface area (Å²) in [6, 6.07) is 0.737. The van der Waals surface area contributed by atoms with Gasteiger partial charge >= 0.3 is 0 Å². The van der Waals surface area contributed by atoms with Crippen LogP contribution in [0.5, 0.6) is 0 Å². The first-order valence-corrected chi connectivity index (χ1v) is 6.55. The fraction of sp³-hybridized carbons (Fsp3) is 1.00. The minimum Gasteiger partial charge on any atom is -0.307 e. The molecule has 2 bridgehead atoms. The second-order valence-corrected chi connectivity index (χ2v) is 6.79. The van der Waals surface area contributed by atoms with E-state index in [0.29, 0.717) is 10.8 Å². The Morgan fingerprint density at radius 2 is 1.73 bits per heavy atom. The Bertz CT molecular complexity index is 234. The van der Waals surface area contributed by atoms with Crippen molar-refractivity contribution in [1.82, 2.24) is 4.90 Å². The maximum atomic E-state index is 2.53. The molecule has 0 heterocycles. The van der Waals surface area contributed by atoms with Gasteiger partial charge in [-0.15, -0.1) is 0 Å². The highest BCUT2D eigenvalue weighted by molar-refractivity contribution is 5.08. The molecular formula is C14H27N. The zero-order chi connectivity index (χ0) is 11.3. The molecule has 1 nitrogen and oxygen atoms in total. The lowest BCUT2D eigenvalue weighted by atomic mass is 9.66. The Kier molecular flexibility index (Phi) is 2.65. The average molecular weight is 209 g/mol. The lowest BCUT2D eigenvalue weighted by molar-refractivity contribution is 0.0821. The molecule has 1 unspecified atom stereocenters. The van der Waals surface area contributed by atoms with E-state index in [0.717, 1.165) is 12.0 Å². The van der Waals surface area contributed by atoms with E-state index in [1.165, 1.54) is 32.1 Å². The quantitative estimate of drug-likeness (QED) is 0.687. The summed E-state index contributed by atoms with van der Waals surface area (Å²) in [7, 11) is 4.44. The Balaban J connectivity index is 2.13. The molecule has 0 aromatic carbocycles. The van der Waals surface area contributed by atoms with Crippen LogP contribution in [0.4, 0.5) is 0 Å². The summed E-state index contributed by atoms with van der Waals surface area (Å²) in [6.45, 7) is 7.44. The summed E-state index contributed by atoms with van der Waals surface area (Å²) in [4.78, 5) is 2.39. The number of hydrogen-bond donors (Lipinski definition) is 0. The number of fused-ring (bicyclic) bond motifs is 2. The van der Waals surface area contributed by atoms with Gasteiger partial charge in [-0.05, 0) is 69.9 Å². The fourth-order valence-corrected chi connectivity index (χ4v) is 4.18. The van der Waals surface area contributed by atoms with Crippen molar-refractivity contribution in [2.75, 3.05) is 14.1 Å². The first-order chi connectivity index (χ1) is 6.89. The molecule has 2 aliphatic rings. The molecule has 2 saturated carbocycles. The zero-order valence-corrected chi connectivity index (χ0v) is 11.1. The van der Waals surface area contributed by atoms with Gasteiger partial charge in [-0.2, -0.15) is 0 Å². The van der Waals surface area contributed by atoms with Gasteiger partial charge in [0.25, 0.3) is 0 Å². The van der Waals surface area contributed by atoms with Crippen LogP contribution in [0.1, 0.15) is 52.9 Å². The van der Waals surface area contributed by atoms with Crippen molar-refractivity contribution >= 4 is 0 Å². The SMILES string of the molecule is CC(CC12CCC(CC1)C2(C)C)N(C)C. The van der Waals surface area contributed by atoms with E-state index >= 15 is 0 Å². The first-order valence-electron chi connectivity index (χ1n) is 6.55. The van der Waals surface area contributed by atoms with E-state index in [9.17, 15) is 0 Å². The van der Waals surface area contributed by atoms with Crippen molar-refractivity contribution in [3.8, 4) is 0 Å². The van der Waals surface area contributed by atoms with Gasteiger partial charge < -0.3 is 4.90 Å². The van der Waals surface area contributed by atoms with Crippen molar-refractivity contribution in [1.29, 1.82) is 0 Å². The standard InChI is InChI=1S/C14H27N/c1-11(15(4)5)10-14-8-6-12(7-9-14)13(14,2)3/h11-12H,6-10H2,1-5H3. The lowest BCUT2D eigenvalue weighted by Gasteiger charge is -2.41. The molecule has 0 radical (unpaired) electrons. The van der Waals surface area contributed by atoms with Crippen LogP contribution in [0.2, 0.25) is 0 Å². The molecule has 0 amide bonds. The normalized spacial score (nSPS) is 40.0. The molecule has 0 aromatic rings. The van der Waals surface area contributed by atoms with Crippen molar-refractivity contribution in [3.63, 3.8) is 0 Å². The predicted molar refractivity (Wildman–Crippen MR) is 65.9 cm³/mol. The number of nitrogens with zero attached hydrogens (tertiary/aromatic N) is 1. The number of rotatable bonds is 3. The highest BCUT2D eigenvalue weighted by Gasteiger charge is 2.58. The molecular weight excluding hydrogens is 182 g/mol. The predicted octanol–water partition coefficient (Wildman–Crippen LogP) is 3.54. The van der Waals surface area contributed by atoms with E-state index in [2.05, 4.69) is 39.8 Å². The summed E-state index contributed by atoms with van der Waals surface area (Å²) >= 11 is 0. The molecule has 15 heavy (non-hydrogen) atoms. The molecule has 0 saturated heterocycles. The van der Waals surface area contributed by atoms with Gasteiger partial charge in [-0.3, -0.25) is 0 Å². The van der Waals surface area contributed by atoms with Crippen LogP contribution in [-0.4, -0.2) is 25.0 Å². The van der Waals surface area contributed by atoms with E-state index < -0.39 is 0 Å². The maximum Gasteiger partial charge on any atom is 0.00663 e. The van der Waals surface area contributed by atoms with Crippen LogP contribution in [-0.2, 0) is 0 Å². The molecule has 0 aliphatic heterocycles. The largest absolute Gasteiger partial charge is 0.307 e. The highest BCUT2D eigenvalue weighted by atomic mass is 15.1. The summed E-state index contributed by atoms with van der Waals surface area (Å²) < 4.78 is 0. The molecule has 0 N–H and O–H groups in total. The Hall–Kier alpha value is -0.0400. The summed E-state index contributed by atoms with van der Waals surface area (Å²) in [6.07, 6.45) is 7.37. The van der Waals surface area contributed by atoms with Gasteiger partial charge in [0.05, 0.1) is 0 Å². The van der Waals surface area contributed by atoms with Gasteiger partial charge in [0.1, 0.15) is 0 Å². The summed E-state index contributed by atoms with van der Waals surface area (Å²) in [5, 5.41) is 0. The Labute approximate surface area is 95.2 Å². The van der Waals surface area contributed by atoms with Crippen molar-refractivity contribution < 1.29 is 0 Å². The van der Waals surface area contributed by atoms with Crippen LogP contribution in [0.3, 0.4) is 0 Å². The van der Waals surface area contributed by atoms with E-state index in [1.54, 1.807) is 0 Å². The highest BCUT2D eigenvalue weighted by Crippen LogP contribution is 2.67. The smallest absolute Gasteiger partial charge is 0.00663 e. The monoisotopic (exact) mass is 209 g/mol. The van der Waals surface area contributed by atoms with E-state index in [1.807, 2.05) is 0 Å². The van der Waals surface area contributed by atoms with Gasteiger partial charge in [-0.1, -0.05) is 13.8 Å². The van der Waals surface area contributed by atoms with Crippen molar-refractivity contribution in [3.05, 3.63) is 0 Å². The van der Waals surface area contributed by atoms with Crippen LogP contribution < -0.4 is 0 Å². The maximum absolute atomic E-state index is 2.53. The molecule has 1 atom stereocenters. The third-order valence-corrected chi connectivity index (χ3v) is 5.90. The van der Waals surface area contributed by atoms with Gasteiger partial charge in [-0.25, -0.2) is 0 Å². The van der Waals surface area contributed by atoms with Gasteiger partial charge in [0.15, 0.2) is 0 Å². The molecule has 1 heteroatoms. The van der Waals surface area contributed by atoms with Crippen LogP contribution >= 0.6 is 0 Å². The lowest BCUT2D eigenvalue weighted by Crippen LogP contribution is -2.37. The third-order valence-electron chi connectivity index (χ3n) is 5.90. The third kappa shape index (κ3) is 1.54. The molecule has 2 rings (SSSR count). The molecule has 2 aliphatic carbocycles. The fourth-order valence-electron chi connectivity index (χ4n) is 4.18. The first kappa shape index (κ1) is 11.4. The Morgan fingerprint density at radius 1 is 1.20 bits per heavy atom. The molecule has 0 aromatic heterocycles. The minimum atomic E-state index is 0.608. The summed E-state index contributed by atoms with van der Waals surface area (Å²) in [5.74, 6) is 1.02.